The van der Waals surface area contributed by atoms with Gasteiger partial charge in [-0.3, -0.25) is 9.69 Å². The number of furan rings is 1. The minimum Gasteiger partial charge on any atom is -0.464 e. The topological polar surface area (TPSA) is 42.7 Å². The summed E-state index contributed by atoms with van der Waals surface area (Å²) >= 11 is 0. The summed E-state index contributed by atoms with van der Waals surface area (Å²) in [6.45, 7) is 8.12. The average molecular weight is 287 g/mol. The van der Waals surface area contributed by atoms with Crippen molar-refractivity contribution in [3.8, 4) is 0 Å². The van der Waals surface area contributed by atoms with Gasteiger partial charge in [-0.2, -0.15) is 0 Å². The van der Waals surface area contributed by atoms with Crippen LogP contribution < -0.4 is 0 Å². The molecular weight excluding hydrogens is 266 g/mol. The zero-order chi connectivity index (χ0) is 15.0. The molecule has 0 bridgehead atoms. The first-order valence-corrected chi connectivity index (χ1v) is 7.34. The van der Waals surface area contributed by atoms with Crippen LogP contribution in [0, 0.1) is 0 Å². The van der Waals surface area contributed by atoms with Crippen LogP contribution in [0.2, 0.25) is 0 Å². The first-order chi connectivity index (χ1) is 9.94. The van der Waals surface area contributed by atoms with Crippen LogP contribution in [0.4, 0.5) is 0 Å². The fourth-order valence-corrected chi connectivity index (χ4v) is 3.19. The Bertz CT molecular complexity index is 659. The van der Waals surface area contributed by atoms with Crippen LogP contribution in [0.5, 0.6) is 0 Å². The minimum absolute atomic E-state index is 0.102. The van der Waals surface area contributed by atoms with E-state index in [4.69, 9.17) is 9.15 Å². The lowest BCUT2D eigenvalue weighted by Crippen LogP contribution is -2.53. The highest BCUT2D eigenvalue weighted by Gasteiger charge is 2.32. The van der Waals surface area contributed by atoms with Crippen molar-refractivity contribution >= 4 is 16.8 Å². The van der Waals surface area contributed by atoms with E-state index in [1.165, 1.54) is 0 Å². The zero-order valence-electron chi connectivity index (χ0n) is 12.8. The molecule has 3 rings (SSSR count). The van der Waals surface area contributed by atoms with Gasteiger partial charge in [-0.05, 0) is 26.8 Å². The van der Waals surface area contributed by atoms with Gasteiger partial charge in [-0.1, -0.05) is 18.2 Å². The average Bonchev–Trinajstić information content (AvgIpc) is 2.79. The van der Waals surface area contributed by atoms with Gasteiger partial charge >= 0.3 is 0 Å². The van der Waals surface area contributed by atoms with Crippen LogP contribution in [-0.4, -0.2) is 42.0 Å². The molecule has 0 spiro atoms. The second-order valence-electron chi connectivity index (χ2n) is 6.43. The van der Waals surface area contributed by atoms with E-state index in [9.17, 15) is 4.79 Å². The quantitative estimate of drug-likeness (QED) is 0.814. The second kappa shape index (κ2) is 5.28. The standard InChI is InChI=1S/C17H21NO3/c1-12-8-18(11-17(2,3)21-12)9-15(19)14-10-20-16-7-5-4-6-13(14)16/h4-7,10,12H,8-9,11H2,1-3H3. The zero-order valence-corrected chi connectivity index (χ0v) is 12.8. The number of hydrogen-bond donors (Lipinski definition) is 0. The monoisotopic (exact) mass is 287 g/mol. The highest BCUT2D eigenvalue weighted by atomic mass is 16.5. The van der Waals surface area contributed by atoms with Crippen molar-refractivity contribution in [1.82, 2.24) is 4.90 Å². The van der Waals surface area contributed by atoms with E-state index in [-0.39, 0.29) is 17.5 Å². The van der Waals surface area contributed by atoms with E-state index in [1.807, 2.05) is 31.2 Å². The fraction of sp³-hybridized carbons (Fsp3) is 0.471. The number of nitrogens with zero attached hydrogens (tertiary/aromatic N) is 1. The summed E-state index contributed by atoms with van der Waals surface area (Å²) in [5.74, 6) is 0.102. The van der Waals surface area contributed by atoms with Crippen molar-refractivity contribution in [2.45, 2.75) is 32.5 Å². The first kappa shape index (κ1) is 14.3. The van der Waals surface area contributed by atoms with Gasteiger partial charge in [0.15, 0.2) is 5.78 Å². The molecule has 0 amide bonds. The van der Waals surface area contributed by atoms with Gasteiger partial charge in [-0.15, -0.1) is 0 Å². The lowest BCUT2D eigenvalue weighted by atomic mass is 10.0. The number of hydrogen-bond acceptors (Lipinski definition) is 4. The number of morpholine rings is 1. The molecule has 2 heterocycles. The Hall–Kier alpha value is -1.65. The summed E-state index contributed by atoms with van der Waals surface area (Å²) in [5, 5.41) is 0.892. The first-order valence-electron chi connectivity index (χ1n) is 7.34. The van der Waals surface area contributed by atoms with Gasteiger partial charge < -0.3 is 9.15 Å². The summed E-state index contributed by atoms with van der Waals surface area (Å²) < 4.78 is 11.3. The van der Waals surface area contributed by atoms with Crippen molar-refractivity contribution in [3.05, 3.63) is 36.1 Å². The Morgan fingerprint density at radius 2 is 2.14 bits per heavy atom. The minimum atomic E-state index is -0.212. The van der Waals surface area contributed by atoms with Crippen LogP contribution in [-0.2, 0) is 4.74 Å². The van der Waals surface area contributed by atoms with Crippen molar-refractivity contribution in [3.63, 3.8) is 0 Å². The Morgan fingerprint density at radius 3 is 2.90 bits per heavy atom. The smallest absolute Gasteiger partial charge is 0.180 e. The lowest BCUT2D eigenvalue weighted by molar-refractivity contribution is -0.126. The molecule has 4 heteroatoms. The molecule has 1 unspecified atom stereocenters. The number of fused-ring (bicyclic) bond motifs is 1. The molecule has 0 aliphatic carbocycles. The lowest BCUT2D eigenvalue weighted by Gasteiger charge is -2.41. The number of rotatable bonds is 3. The predicted octanol–water partition coefficient (Wildman–Crippen LogP) is 3.11. The number of carbonyl (C=O) groups excluding carboxylic acids is 1. The van der Waals surface area contributed by atoms with Crippen molar-refractivity contribution < 1.29 is 13.9 Å². The van der Waals surface area contributed by atoms with Gasteiger partial charge in [0.1, 0.15) is 11.8 Å². The van der Waals surface area contributed by atoms with Crippen LogP contribution in [0.1, 0.15) is 31.1 Å². The van der Waals surface area contributed by atoms with Gasteiger partial charge in [0.25, 0.3) is 0 Å². The number of Topliss-reactive ketones (excluding diaryl/α,β-unsaturated/α-hetero) is 1. The fourth-order valence-electron chi connectivity index (χ4n) is 3.19. The maximum absolute atomic E-state index is 12.6. The van der Waals surface area contributed by atoms with Crippen LogP contribution in [0.25, 0.3) is 11.0 Å². The number of carbonyl (C=O) groups is 1. The third kappa shape index (κ3) is 3.01. The molecule has 1 aliphatic heterocycles. The summed E-state index contributed by atoms with van der Waals surface area (Å²) in [6.07, 6.45) is 1.71. The molecule has 0 saturated carbocycles. The van der Waals surface area contributed by atoms with E-state index in [2.05, 4.69) is 18.7 Å². The largest absolute Gasteiger partial charge is 0.464 e. The summed E-state index contributed by atoms with van der Waals surface area (Å²) in [4.78, 5) is 14.7. The van der Waals surface area contributed by atoms with Gasteiger partial charge in [0.05, 0.1) is 23.8 Å². The van der Waals surface area contributed by atoms with Gasteiger partial charge in [0.2, 0.25) is 0 Å². The molecule has 1 aliphatic rings. The molecule has 0 N–H and O–H groups in total. The van der Waals surface area contributed by atoms with E-state index in [0.29, 0.717) is 12.1 Å². The van der Waals surface area contributed by atoms with Crippen molar-refractivity contribution in [2.75, 3.05) is 19.6 Å². The molecule has 21 heavy (non-hydrogen) atoms. The summed E-state index contributed by atoms with van der Waals surface area (Å²) in [5.41, 5.74) is 1.22. The molecule has 1 fully saturated rings. The highest BCUT2D eigenvalue weighted by molar-refractivity contribution is 6.08. The summed E-state index contributed by atoms with van der Waals surface area (Å²) in [7, 11) is 0. The Balaban J connectivity index is 1.77. The molecule has 1 aromatic heterocycles. The maximum Gasteiger partial charge on any atom is 0.180 e. The molecule has 1 aromatic carbocycles. The number of benzene rings is 1. The van der Waals surface area contributed by atoms with Crippen molar-refractivity contribution in [2.24, 2.45) is 0 Å². The number of ether oxygens (including phenoxy) is 1. The normalized spacial score (nSPS) is 22.5. The number of para-hydroxylation sites is 1. The number of ketones is 1. The Morgan fingerprint density at radius 1 is 1.38 bits per heavy atom. The Kier molecular flexibility index (Phi) is 3.59. The SMILES string of the molecule is CC1CN(CC(=O)c2coc3ccccc23)CC(C)(C)O1. The molecule has 112 valence electrons. The molecule has 2 aromatic rings. The third-order valence-corrected chi connectivity index (χ3v) is 3.79. The maximum atomic E-state index is 12.6. The molecule has 0 radical (unpaired) electrons. The van der Waals surface area contributed by atoms with Crippen LogP contribution in [0.3, 0.4) is 0 Å². The van der Waals surface area contributed by atoms with E-state index >= 15 is 0 Å². The third-order valence-electron chi connectivity index (χ3n) is 3.79. The van der Waals surface area contributed by atoms with E-state index in [0.717, 1.165) is 24.1 Å². The van der Waals surface area contributed by atoms with E-state index < -0.39 is 0 Å². The molecular formula is C17H21NO3. The molecule has 1 saturated heterocycles. The highest BCUT2D eigenvalue weighted by Crippen LogP contribution is 2.24. The van der Waals surface area contributed by atoms with Crippen molar-refractivity contribution in [1.29, 1.82) is 0 Å². The molecule has 1 atom stereocenters. The molecule has 4 nitrogen and oxygen atoms in total. The van der Waals surface area contributed by atoms with Gasteiger partial charge in [0, 0.05) is 18.5 Å². The Labute approximate surface area is 124 Å². The second-order valence-corrected chi connectivity index (χ2v) is 6.43. The van der Waals surface area contributed by atoms with Gasteiger partial charge in [-0.25, -0.2) is 0 Å². The van der Waals surface area contributed by atoms with Crippen LogP contribution >= 0.6 is 0 Å². The summed E-state index contributed by atoms with van der Waals surface area (Å²) in [6, 6.07) is 7.64. The van der Waals surface area contributed by atoms with Crippen LogP contribution in [0.15, 0.2) is 34.9 Å². The van der Waals surface area contributed by atoms with E-state index in [1.54, 1.807) is 6.26 Å². The predicted molar refractivity (Wildman–Crippen MR) is 81.6 cm³/mol.